The molecule has 3 aromatic carbocycles. The fourth-order valence-corrected chi connectivity index (χ4v) is 4.82. The molecule has 1 aliphatic rings. The number of amides is 1. The highest BCUT2D eigenvalue weighted by molar-refractivity contribution is 6.51. The fraction of sp³-hybridized carbons (Fsp3) is 0.241. The molecule has 8 heteroatoms. The molecule has 4 rings (SSSR count). The number of anilines is 2. The van der Waals surface area contributed by atoms with Crippen molar-refractivity contribution >= 4 is 40.4 Å². The van der Waals surface area contributed by atoms with Gasteiger partial charge in [-0.15, -0.1) is 0 Å². The molecule has 1 fully saturated rings. The molecular formula is C29H29ClN2O5. The van der Waals surface area contributed by atoms with Crippen molar-refractivity contribution < 1.29 is 24.2 Å². The van der Waals surface area contributed by atoms with Gasteiger partial charge >= 0.3 is 0 Å². The van der Waals surface area contributed by atoms with Crippen LogP contribution in [0, 0.1) is 0 Å². The van der Waals surface area contributed by atoms with Crippen LogP contribution in [0.1, 0.15) is 31.0 Å². The Bertz CT molecular complexity index is 1310. The van der Waals surface area contributed by atoms with Crippen LogP contribution in [-0.2, 0) is 9.59 Å². The van der Waals surface area contributed by atoms with Gasteiger partial charge in [-0.3, -0.25) is 14.5 Å². The molecule has 192 valence electrons. The quantitative estimate of drug-likeness (QED) is 0.229. The lowest BCUT2D eigenvalue weighted by Crippen LogP contribution is -2.29. The molecule has 0 bridgehead atoms. The van der Waals surface area contributed by atoms with Crippen LogP contribution in [-0.4, -0.2) is 44.1 Å². The Morgan fingerprint density at radius 2 is 1.49 bits per heavy atom. The normalized spacial score (nSPS) is 16.7. The Labute approximate surface area is 221 Å². The molecule has 1 N–H and O–H groups in total. The maximum absolute atomic E-state index is 13.5. The number of rotatable bonds is 8. The molecule has 0 aliphatic carbocycles. The highest BCUT2D eigenvalue weighted by Gasteiger charge is 2.47. The molecule has 0 aromatic heterocycles. The Hall–Kier alpha value is -3.97. The van der Waals surface area contributed by atoms with E-state index in [-0.39, 0.29) is 16.9 Å². The lowest BCUT2D eigenvalue weighted by atomic mass is 9.94. The van der Waals surface area contributed by atoms with Crippen molar-refractivity contribution in [3.63, 3.8) is 0 Å². The first-order valence-corrected chi connectivity index (χ1v) is 12.4. The van der Waals surface area contributed by atoms with Crippen molar-refractivity contribution in [2.75, 3.05) is 37.1 Å². The van der Waals surface area contributed by atoms with Gasteiger partial charge in [-0.25, -0.2) is 0 Å². The summed E-state index contributed by atoms with van der Waals surface area (Å²) in [5.41, 5.74) is 2.31. The second kappa shape index (κ2) is 11.0. The van der Waals surface area contributed by atoms with Crippen molar-refractivity contribution in [2.24, 2.45) is 0 Å². The van der Waals surface area contributed by atoms with Crippen LogP contribution < -0.4 is 19.3 Å². The molecular weight excluding hydrogens is 492 g/mol. The predicted molar refractivity (Wildman–Crippen MR) is 146 cm³/mol. The summed E-state index contributed by atoms with van der Waals surface area (Å²) in [6.07, 6.45) is 0. The number of nitrogens with zero attached hydrogens (tertiary/aromatic N) is 2. The van der Waals surface area contributed by atoms with Crippen molar-refractivity contribution in [3.8, 4) is 11.5 Å². The summed E-state index contributed by atoms with van der Waals surface area (Å²) >= 11 is 6.09. The summed E-state index contributed by atoms with van der Waals surface area (Å²) in [5.74, 6) is -1.31. The molecule has 0 radical (unpaired) electrons. The van der Waals surface area contributed by atoms with Crippen molar-refractivity contribution in [2.45, 2.75) is 19.9 Å². The van der Waals surface area contributed by atoms with Gasteiger partial charge in [-0.05, 0) is 67.9 Å². The van der Waals surface area contributed by atoms with Gasteiger partial charge in [0.25, 0.3) is 11.7 Å². The molecule has 1 unspecified atom stereocenters. The summed E-state index contributed by atoms with van der Waals surface area (Å²) in [5, 5.41) is 12.1. The van der Waals surface area contributed by atoms with Gasteiger partial charge in [-0.1, -0.05) is 29.8 Å². The second-order valence-electron chi connectivity index (χ2n) is 8.45. The second-order valence-corrected chi connectivity index (χ2v) is 8.88. The molecule has 1 amide bonds. The van der Waals surface area contributed by atoms with E-state index in [1.807, 2.05) is 24.3 Å². The summed E-state index contributed by atoms with van der Waals surface area (Å²) in [6.45, 7) is 5.83. The van der Waals surface area contributed by atoms with Gasteiger partial charge in [0.05, 0.1) is 25.8 Å². The molecule has 1 atom stereocenters. The third-order valence-corrected chi connectivity index (χ3v) is 6.80. The first-order valence-electron chi connectivity index (χ1n) is 12.0. The van der Waals surface area contributed by atoms with Crippen molar-refractivity contribution in [3.05, 3.63) is 88.5 Å². The number of Topliss-reactive ketones (excluding diaryl/α,β-unsaturated/α-hetero) is 1. The maximum atomic E-state index is 13.5. The van der Waals surface area contributed by atoms with E-state index in [9.17, 15) is 14.7 Å². The van der Waals surface area contributed by atoms with Gasteiger partial charge in [0.15, 0.2) is 0 Å². The molecule has 1 aliphatic heterocycles. The fourth-order valence-electron chi connectivity index (χ4n) is 4.69. The SMILES string of the molecule is CCN(CC)c1ccc(C2/C(=C(\O)c3c(OC)cccc3OC)C(=O)C(=O)N2c2ccc(Cl)cc2)cc1. The number of ether oxygens (including phenoxy) is 2. The number of ketones is 1. The number of benzene rings is 3. The minimum absolute atomic E-state index is 0.0571. The van der Waals surface area contributed by atoms with Gasteiger partial charge < -0.3 is 19.5 Å². The van der Waals surface area contributed by atoms with Crippen LogP contribution in [0.5, 0.6) is 11.5 Å². The zero-order chi connectivity index (χ0) is 26.7. The maximum Gasteiger partial charge on any atom is 0.300 e. The predicted octanol–water partition coefficient (Wildman–Crippen LogP) is 5.83. The van der Waals surface area contributed by atoms with Crippen LogP contribution in [0.25, 0.3) is 5.76 Å². The number of carbonyl (C=O) groups is 2. The summed E-state index contributed by atoms with van der Waals surface area (Å²) in [6, 6.07) is 18.4. The van der Waals surface area contributed by atoms with E-state index in [1.54, 1.807) is 42.5 Å². The zero-order valence-corrected chi connectivity index (χ0v) is 22.0. The van der Waals surface area contributed by atoms with Crippen LogP contribution in [0.3, 0.4) is 0 Å². The van der Waals surface area contributed by atoms with Crippen LogP contribution >= 0.6 is 11.6 Å². The van der Waals surface area contributed by atoms with E-state index in [2.05, 4.69) is 18.7 Å². The third-order valence-electron chi connectivity index (χ3n) is 6.55. The highest BCUT2D eigenvalue weighted by atomic mass is 35.5. The van der Waals surface area contributed by atoms with Crippen LogP contribution in [0.15, 0.2) is 72.3 Å². The summed E-state index contributed by atoms with van der Waals surface area (Å²) in [7, 11) is 2.92. The van der Waals surface area contributed by atoms with E-state index < -0.39 is 17.7 Å². The Balaban J connectivity index is 1.96. The zero-order valence-electron chi connectivity index (χ0n) is 21.2. The minimum Gasteiger partial charge on any atom is -0.506 e. The Kier molecular flexibility index (Phi) is 7.74. The standard InChI is InChI=1S/C29H29ClN2O5/c1-5-31(6-2)20-14-10-18(11-15-20)26-25(27(33)24-22(36-3)8-7-9-23(24)37-4)28(34)29(35)32(26)21-16-12-19(30)13-17-21/h7-17,26,33H,5-6H2,1-4H3/b27-25+. The van der Waals surface area contributed by atoms with E-state index in [1.165, 1.54) is 19.1 Å². The monoisotopic (exact) mass is 520 g/mol. The Morgan fingerprint density at radius 1 is 0.919 bits per heavy atom. The summed E-state index contributed by atoms with van der Waals surface area (Å²) < 4.78 is 10.9. The first-order chi connectivity index (χ1) is 17.9. The van der Waals surface area contributed by atoms with Crippen molar-refractivity contribution in [1.82, 2.24) is 0 Å². The third kappa shape index (κ3) is 4.74. The number of carbonyl (C=O) groups excluding carboxylic acids is 2. The molecule has 1 heterocycles. The molecule has 3 aromatic rings. The number of hydrogen-bond acceptors (Lipinski definition) is 6. The highest BCUT2D eigenvalue weighted by Crippen LogP contribution is 2.45. The largest absolute Gasteiger partial charge is 0.506 e. The topological polar surface area (TPSA) is 79.3 Å². The number of hydrogen-bond donors (Lipinski definition) is 1. The molecule has 1 saturated heterocycles. The van der Waals surface area contributed by atoms with E-state index in [0.717, 1.165) is 18.8 Å². The number of methoxy groups -OCH3 is 2. The van der Waals surface area contributed by atoms with Crippen LogP contribution in [0.2, 0.25) is 5.02 Å². The lowest BCUT2D eigenvalue weighted by molar-refractivity contribution is -0.132. The number of aliphatic hydroxyl groups excluding tert-OH is 1. The molecule has 37 heavy (non-hydrogen) atoms. The number of halogens is 1. The first kappa shape index (κ1) is 26.1. The molecule has 0 spiro atoms. The van der Waals surface area contributed by atoms with Gasteiger partial charge in [0.1, 0.15) is 22.8 Å². The smallest absolute Gasteiger partial charge is 0.300 e. The molecule has 7 nitrogen and oxygen atoms in total. The average Bonchev–Trinajstić information content (AvgIpc) is 3.19. The van der Waals surface area contributed by atoms with E-state index >= 15 is 0 Å². The van der Waals surface area contributed by atoms with E-state index in [4.69, 9.17) is 21.1 Å². The lowest BCUT2D eigenvalue weighted by Gasteiger charge is -2.27. The van der Waals surface area contributed by atoms with Gasteiger partial charge in [0.2, 0.25) is 0 Å². The minimum atomic E-state index is -0.887. The van der Waals surface area contributed by atoms with E-state index in [0.29, 0.717) is 27.8 Å². The summed E-state index contributed by atoms with van der Waals surface area (Å²) in [4.78, 5) is 30.5. The number of aliphatic hydroxyl groups is 1. The van der Waals surface area contributed by atoms with Crippen molar-refractivity contribution in [1.29, 1.82) is 0 Å². The molecule has 0 saturated carbocycles. The van der Waals surface area contributed by atoms with Crippen LogP contribution in [0.4, 0.5) is 11.4 Å². The van der Waals surface area contributed by atoms with Gasteiger partial charge in [0, 0.05) is 29.5 Å². The average molecular weight is 521 g/mol. The Morgan fingerprint density at radius 3 is 2.00 bits per heavy atom. The van der Waals surface area contributed by atoms with Gasteiger partial charge in [-0.2, -0.15) is 0 Å².